The smallest absolute Gasteiger partial charge is 0.178 e. The van der Waals surface area contributed by atoms with Gasteiger partial charge >= 0.3 is 0 Å². The normalized spacial score (nSPS) is 8.64. The Morgan fingerprint density at radius 1 is 1.36 bits per heavy atom. The van der Waals surface area contributed by atoms with Crippen molar-refractivity contribution in [2.24, 2.45) is 0 Å². The highest BCUT2D eigenvalue weighted by Gasteiger charge is 1.91. The van der Waals surface area contributed by atoms with Crippen molar-refractivity contribution in [3.63, 3.8) is 0 Å². The van der Waals surface area contributed by atoms with Crippen LogP contribution in [0.4, 0.5) is 0 Å². The summed E-state index contributed by atoms with van der Waals surface area (Å²) < 4.78 is 5.04. The summed E-state index contributed by atoms with van der Waals surface area (Å²) in [5.41, 5.74) is 0. The molecule has 1 rings (SSSR count). The molecule has 0 bridgehead atoms. The molecule has 0 heterocycles. The molecule has 1 radical (unpaired) electrons. The minimum atomic E-state index is -0.0296. The fraction of sp³-hybridized carbons (Fsp3) is 0.111. The molecule has 1 aromatic carbocycles. The fourth-order valence-corrected chi connectivity index (χ4v) is 0.661. The van der Waals surface area contributed by atoms with Crippen molar-refractivity contribution in [2.75, 3.05) is 6.61 Å². The number of benzene rings is 1. The lowest BCUT2D eigenvalue weighted by molar-refractivity contribution is 0.349. The van der Waals surface area contributed by atoms with Crippen LogP contribution in [0.15, 0.2) is 24.3 Å². The fourth-order valence-electron chi connectivity index (χ4n) is 0.661. The Morgan fingerprint density at radius 2 is 2.00 bits per heavy atom. The summed E-state index contributed by atoms with van der Waals surface area (Å²) in [5, 5.41) is 10.6. The molecular formula is C9H7O2. The van der Waals surface area contributed by atoms with E-state index in [0.717, 1.165) is 0 Å². The molecule has 0 amide bonds. The zero-order chi connectivity index (χ0) is 8.10. The highest BCUT2D eigenvalue weighted by molar-refractivity contribution is 5.30. The molecule has 11 heavy (non-hydrogen) atoms. The first-order chi connectivity index (χ1) is 5.33. The summed E-state index contributed by atoms with van der Waals surface area (Å²) in [5.74, 6) is 2.93. The van der Waals surface area contributed by atoms with Gasteiger partial charge in [-0.15, -0.1) is 6.42 Å². The molecule has 2 heteroatoms. The third-order valence-electron chi connectivity index (χ3n) is 1.15. The highest BCUT2D eigenvalue weighted by atomic mass is 16.5. The van der Waals surface area contributed by atoms with Crippen LogP contribution >= 0.6 is 0 Å². The maximum Gasteiger partial charge on any atom is 0.178 e. The van der Waals surface area contributed by atoms with Crippen molar-refractivity contribution in [3.05, 3.63) is 24.3 Å². The zero-order valence-electron chi connectivity index (χ0n) is 5.91. The summed E-state index contributed by atoms with van der Waals surface area (Å²) in [6, 6.07) is 6.07. The quantitative estimate of drug-likeness (QED) is 0.587. The van der Waals surface area contributed by atoms with Gasteiger partial charge < -0.3 is 4.74 Å². The maximum atomic E-state index is 10.6. The molecule has 0 unspecified atom stereocenters. The van der Waals surface area contributed by atoms with Gasteiger partial charge in [-0.1, -0.05) is 5.92 Å². The van der Waals surface area contributed by atoms with Crippen molar-refractivity contribution in [1.82, 2.24) is 0 Å². The second-order valence-electron chi connectivity index (χ2n) is 1.96. The molecule has 0 atom stereocenters. The average molecular weight is 147 g/mol. The molecule has 0 aliphatic carbocycles. The Hall–Kier alpha value is -1.62. The minimum absolute atomic E-state index is 0.0296. The third-order valence-corrected chi connectivity index (χ3v) is 1.15. The molecule has 0 aromatic heterocycles. The lowest BCUT2D eigenvalue weighted by atomic mass is 10.3. The van der Waals surface area contributed by atoms with E-state index < -0.39 is 0 Å². The Balaban J connectivity index is 2.60. The summed E-state index contributed by atoms with van der Waals surface area (Å²) >= 11 is 0. The lowest BCUT2D eigenvalue weighted by Crippen LogP contribution is -1.91. The number of rotatable bonds is 2. The van der Waals surface area contributed by atoms with Gasteiger partial charge in [0.25, 0.3) is 0 Å². The van der Waals surface area contributed by atoms with Gasteiger partial charge in [0.1, 0.15) is 12.4 Å². The Morgan fingerprint density at radius 3 is 2.55 bits per heavy atom. The molecular weight excluding hydrogens is 140 g/mol. The second kappa shape index (κ2) is 3.52. The first-order valence-corrected chi connectivity index (χ1v) is 3.16. The van der Waals surface area contributed by atoms with E-state index in [2.05, 4.69) is 5.92 Å². The van der Waals surface area contributed by atoms with Gasteiger partial charge in [-0.2, -0.15) is 0 Å². The van der Waals surface area contributed by atoms with E-state index >= 15 is 0 Å². The SMILES string of the molecule is C#CCOc1ccc([O])cc1. The van der Waals surface area contributed by atoms with Crippen molar-refractivity contribution < 1.29 is 9.84 Å². The van der Waals surface area contributed by atoms with E-state index in [0.29, 0.717) is 5.75 Å². The summed E-state index contributed by atoms with van der Waals surface area (Å²) in [4.78, 5) is 0. The van der Waals surface area contributed by atoms with Gasteiger partial charge in [0.2, 0.25) is 0 Å². The molecule has 0 saturated carbocycles. The molecule has 1 aromatic rings. The molecule has 55 valence electrons. The Kier molecular flexibility index (Phi) is 2.40. The molecule has 0 spiro atoms. The van der Waals surface area contributed by atoms with Crippen LogP contribution in [-0.4, -0.2) is 6.61 Å². The van der Waals surface area contributed by atoms with Crippen molar-refractivity contribution in [3.8, 4) is 23.8 Å². The van der Waals surface area contributed by atoms with Crippen LogP contribution in [0.2, 0.25) is 0 Å². The number of hydrogen-bond donors (Lipinski definition) is 0. The number of terminal acetylenes is 1. The van der Waals surface area contributed by atoms with Crippen molar-refractivity contribution in [2.45, 2.75) is 0 Å². The maximum absolute atomic E-state index is 10.6. The molecule has 0 aliphatic rings. The number of hydrogen-bond acceptors (Lipinski definition) is 1. The topological polar surface area (TPSA) is 29.1 Å². The predicted octanol–water partition coefficient (Wildman–Crippen LogP) is 1.84. The van der Waals surface area contributed by atoms with E-state index in [1.54, 1.807) is 12.1 Å². The monoisotopic (exact) mass is 147 g/mol. The molecule has 0 aliphatic heterocycles. The number of ether oxygens (including phenoxy) is 1. The van der Waals surface area contributed by atoms with Crippen molar-refractivity contribution >= 4 is 0 Å². The van der Waals surface area contributed by atoms with Crippen molar-refractivity contribution in [1.29, 1.82) is 0 Å². The minimum Gasteiger partial charge on any atom is -0.481 e. The highest BCUT2D eigenvalue weighted by Crippen LogP contribution is 2.15. The van der Waals surface area contributed by atoms with Crippen LogP contribution < -0.4 is 4.74 Å². The Labute approximate surface area is 65.4 Å². The lowest BCUT2D eigenvalue weighted by Gasteiger charge is -1.99. The van der Waals surface area contributed by atoms with Crippen LogP contribution in [0.5, 0.6) is 11.5 Å². The van der Waals surface area contributed by atoms with Gasteiger partial charge in [0.05, 0.1) is 0 Å². The summed E-state index contributed by atoms with van der Waals surface area (Å²) in [6.07, 6.45) is 4.97. The molecule has 0 fully saturated rings. The largest absolute Gasteiger partial charge is 0.481 e. The van der Waals surface area contributed by atoms with Gasteiger partial charge in [-0.05, 0) is 24.3 Å². The van der Waals surface area contributed by atoms with Gasteiger partial charge in [-0.25, -0.2) is 0 Å². The van der Waals surface area contributed by atoms with Crippen LogP contribution in [0.25, 0.3) is 0 Å². The first-order valence-electron chi connectivity index (χ1n) is 3.16. The standard InChI is InChI=1S/C9H7O2/c1-2-7-11-9-5-3-8(10)4-6-9/h1,3-6H,7H2. The van der Waals surface area contributed by atoms with E-state index in [4.69, 9.17) is 11.2 Å². The summed E-state index contributed by atoms with van der Waals surface area (Å²) in [7, 11) is 0. The van der Waals surface area contributed by atoms with Crippen LogP contribution in [0, 0.1) is 12.3 Å². The van der Waals surface area contributed by atoms with Crippen LogP contribution in [0.1, 0.15) is 0 Å². The van der Waals surface area contributed by atoms with E-state index in [1.165, 1.54) is 12.1 Å². The van der Waals surface area contributed by atoms with Crippen LogP contribution in [0.3, 0.4) is 0 Å². The third kappa shape index (κ3) is 2.23. The Bertz CT molecular complexity index is 256. The predicted molar refractivity (Wildman–Crippen MR) is 40.9 cm³/mol. The van der Waals surface area contributed by atoms with Gasteiger partial charge in [-0.3, -0.25) is 5.11 Å². The zero-order valence-corrected chi connectivity index (χ0v) is 5.91. The van der Waals surface area contributed by atoms with Gasteiger partial charge in [0, 0.05) is 0 Å². The van der Waals surface area contributed by atoms with Crippen LogP contribution in [-0.2, 0) is 5.11 Å². The van der Waals surface area contributed by atoms with Gasteiger partial charge in [0.15, 0.2) is 5.75 Å². The second-order valence-corrected chi connectivity index (χ2v) is 1.96. The first kappa shape index (κ1) is 7.49. The van der Waals surface area contributed by atoms with E-state index in [-0.39, 0.29) is 12.4 Å². The molecule has 0 saturated heterocycles. The molecule has 0 N–H and O–H groups in total. The van der Waals surface area contributed by atoms with E-state index in [1.807, 2.05) is 0 Å². The molecule has 2 nitrogen and oxygen atoms in total. The average Bonchev–Trinajstić information content (AvgIpc) is 2.04. The summed E-state index contributed by atoms with van der Waals surface area (Å²) in [6.45, 7) is 0.234. The van der Waals surface area contributed by atoms with E-state index in [9.17, 15) is 5.11 Å².